The van der Waals surface area contributed by atoms with Gasteiger partial charge in [-0.2, -0.15) is 0 Å². The summed E-state index contributed by atoms with van der Waals surface area (Å²) in [5, 5.41) is 12.6. The fraction of sp³-hybridized carbons (Fsp3) is 0.0661. The van der Waals surface area contributed by atoms with Crippen molar-refractivity contribution in [3.05, 3.63) is 466 Å². The zero-order valence-electron chi connectivity index (χ0n) is 72.5. The quantitative estimate of drug-likeness (QED) is 0.0958. The first-order valence-electron chi connectivity index (χ1n) is 43.6. The van der Waals surface area contributed by atoms with Crippen molar-refractivity contribution in [1.82, 2.24) is 14.1 Å². The van der Waals surface area contributed by atoms with Gasteiger partial charge in [-0.3, -0.25) is 0 Å². The van der Waals surface area contributed by atoms with E-state index in [-0.39, 0.29) is 30.9 Å². The molecule has 0 unspecified atom stereocenters. The van der Waals surface area contributed by atoms with Crippen LogP contribution in [-0.4, -0.2) is 14.1 Å². The number of para-hydroxylation sites is 4. The van der Waals surface area contributed by atoms with Crippen LogP contribution >= 0.6 is 11.3 Å². The van der Waals surface area contributed by atoms with Gasteiger partial charge < -0.3 is 23.9 Å². The smallest absolute Gasteiger partial charge is 0.0541 e. The van der Waals surface area contributed by atoms with Crippen molar-refractivity contribution in [2.45, 2.75) is 52.4 Å². The molecule has 0 aliphatic heterocycles. The van der Waals surface area contributed by atoms with Crippen LogP contribution in [0.4, 0.5) is 34.1 Å². The van der Waals surface area contributed by atoms with Crippen molar-refractivity contribution in [1.29, 1.82) is 0 Å². The van der Waals surface area contributed by atoms with Gasteiger partial charge in [0.1, 0.15) is 0 Å². The zero-order valence-corrected chi connectivity index (χ0v) is 75.7. The third kappa shape index (κ3) is 16.4. The summed E-state index contributed by atoms with van der Waals surface area (Å²) < 4.78 is 7.44. The molecule has 0 bridgehead atoms. The predicted octanol–water partition coefficient (Wildman–Crippen LogP) is 34.3. The van der Waals surface area contributed by atoms with Crippen LogP contribution in [0.5, 0.6) is 0 Å². The molecule has 0 amide bonds. The maximum absolute atomic E-state index is 4.54. The summed E-state index contributed by atoms with van der Waals surface area (Å²) in [5.41, 5.74) is 30.6. The van der Waals surface area contributed by atoms with E-state index in [9.17, 15) is 0 Å². The third-order valence-electron chi connectivity index (χ3n) is 24.7. The predicted molar refractivity (Wildman–Crippen MR) is 547 cm³/mol. The molecule has 0 aliphatic rings. The summed E-state index contributed by atoms with van der Waals surface area (Å²) in [6.45, 7) is 21.4. The number of hydrogen-bond donors (Lipinski definition) is 0. The Bertz CT molecular complexity index is 7300. The van der Waals surface area contributed by atoms with Gasteiger partial charge in [0.15, 0.2) is 0 Å². The molecule has 0 aliphatic carbocycles. The van der Waals surface area contributed by atoms with Crippen LogP contribution in [0.15, 0.2) is 438 Å². The minimum Gasteiger partial charge on any atom is -0.310 e. The second-order valence-electron chi connectivity index (χ2n) is 34.7. The second kappa shape index (κ2) is 35.3. The SMILES string of the molecule is C=Cc1ccc(N(c2ccc(-c3ccc(N(c4ccc(C=C)cc4)c4cccc5ccccc45)cc3)cc2)c2cccc3ccccc23)cc1.CC(C)(C)c1ccc(-c2cc(-c3ccc(C(C)(C)C)cc3)cc(-c3cc[c-]c(-c4ccccn4)c3)c2)cc1.[Ir].c1ccc2c(c1)c1ccccc1n2-c1ccc2sc3ccc(-n4c5ccccc5c5ccccc54)cc3c2c1. The largest absolute Gasteiger partial charge is 0.310 e. The molecular formula is C121H94IrN5S-. The first-order chi connectivity index (χ1) is 62.1. The number of benzene rings is 18. The molecule has 0 atom stereocenters. The molecule has 619 valence electrons. The summed E-state index contributed by atoms with van der Waals surface area (Å²) in [6, 6.07) is 154. The molecule has 18 aromatic carbocycles. The average molecular weight is 1840 g/mol. The molecule has 0 saturated heterocycles. The Morgan fingerprint density at radius 3 is 1.01 bits per heavy atom. The molecule has 0 spiro atoms. The fourth-order valence-corrected chi connectivity index (χ4v) is 19.1. The van der Waals surface area contributed by atoms with Crippen LogP contribution in [0.25, 0.3) is 165 Å². The van der Waals surface area contributed by atoms with Crippen LogP contribution in [0.2, 0.25) is 0 Å². The number of rotatable bonds is 15. The van der Waals surface area contributed by atoms with E-state index in [0.29, 0.717) is 0 Å². The molecule has 7 heteroatoms. The van der Waals surface area contributed by atoms with Crippen molar-refractivity contribution in [3.8, 4) is 67.1 Å². The summed E-state index contributed by atoms with van der Waals surface area (Å²) in [7, 11) is 0. The topological polar surface area (TPSA) is 29.2 Å². The Hall–Kier alpha value is -14.8. The van der Waals surface area contributed by atoms with Crippen molar-refractivity contribution < 1.29 is 20.1 Å². The van der Waals surface area contributed by atoms with E-state index in [1.165, 1.54) is 136 Å². The summed E-state index contributed by atoms with van der Waals surface area (Å²) in [6.07, 6.45) is 5.59. The average Bonchev–Trinajstić information content (AvgIpc) is 1.59. The van der Waals surface area contributed by atoms with Crippen LogP contribution < -0.4 is 9.80 Å². The molecule has 22 aromatic rings. The normalized spacial score (nSPS) is 11.5. The number of aromatic nitrogens is 3. The number of pyridine rings is 1. The minimum atomic E-state index is 0. The summed E-state index contributed by atoms with van der Waals surface area (Å²) in [4.78, 5) is 9.21. The van der Waals surface area contributed by atoms with Crippen LogP contribution in [0.1, 0.15) is 63.8 Å². The molecule has 5 nitrogen and oxygen atoms in total. The number of hydrogen-bond acceptors (Lipinski definition) is 4. The van der Waals surface area contributed by atoms with Gasteiger partial charge in [-0.15, -0.1) is 46.7 Å². The first-order valence-corrected chi connectivity index (χ1v) is 44.4. The molecule has 4 aromatic heterocycles. The molecule has 0 saturated carbocycles. The Morgan fingerprint density at radius 1 is 0.297 bits per heavy atom. The number of anilines is 6. The van der Waals surface area contributed by atoms with Gasteiger partial charge in [0.25, 0.3) is 0 Å². The van der Waals surface area contributed by atoms with Gasteiger partial charge in [-0.05, 0) is 234 Å². The van der Waals surface area contributed by atoms with Crippen molar-refractivity contribution >= 4 is 143 Å². The zero-order chi connectivity index (χ0) is 86.3. The van der Waals surface area contributed by atoms with E-state index < -0.39 is 0 Å². The maximum atomic E-state index is 4.54. The van der Waals surface area contributed by atoms with Crippen LogP contribution in [0.3, 0.4) is 0 Å². The molecule has 1 radical (unpaired) electrons. The van der Waals surface area contributed by atoms with Gasteiger partial charge in [-0.25, -0.2) is 0 Å². The van der Waals surface area contributed by atoms with Gasteiger partial charge in [0.05, 0.1) is 33.4 Å². The van der Waals surface area contributed by atoms with Gasteiger partial charge in [0.2, 0.25) is 0 Å². The Balaban J connectivity index is 0.000000126. The summed E-state index contributed by atoms with van der Waals surface area (Å²) >= 11 is 1.87. The van der Waals surface area contributed by atoms with E-state index in [1.807, 2.05) is 54.0 Å². The summed E-state index contributed by atoms with van der Waals surface area (Å²) in [5.74, 6) is 0. The van der Waals surface area contributed by atoms with E-state index in [0.717, 1.165) is 73.2 Å². The van der Waals surface area contributed by atoms with Crippen LogP contribution in [-0.2, 0) is 30.9 Å². The Kier molecular flexibility index (Phi) is 22.8. The fourth-order valence-electron chi connectivity index (χ4n) is 18.0. The van der Waals surface area contributed by atoms with Crippen molar-refractivity contribution in [3.63, 3.8) is 0 Å². The van der Waals surface area contributed by atoms with E-state index in [4.69, 9.17) is 0 Å². The van der Waals surface area contributed by atoms with E-state index >= 15 is 0 Å². The molecule has 22 rings (SSSR count). The molecule has 4 heterocycles. The Morgan fingerprint density at radius 2 is 0.633 bits per heavy atom. The molecule has 0 N–H and O–H groups in total. The molecule has 128 heavy (non-hydrogen) atoms. The van der Waals surface area contributed by atoms with E-state index in [1.54, 1.807) is 0 Å². The van der Waals surface area contributed by atoms with Gasteiger partial charge >= 0.3 is 0 Å². The standard InChI is InChI=1S/C48H36N2.C37H36N.C36H22N2S.Ir/c1-3-35-19-27-41(28-20-35)49(47-17-9-13-39-11-5-7-15-45(39)47)43-31-23-37(24-32-43)38-25-33-44(34-26-38)50(42-29-21-36(4-2)22-30-42)48-18-10-14-40-12-6-8-16-46(40)48;1-36(2,3)33-17-13-26(14-18-33)30-23-31(27-15-19-34(20-16-27)37(4,5)6)25-32(24-30)28-10-9-11-29(22-28)35-12-7-8-21-38-35;1-5-13-31-25(9-1)26-10-2-6-14-32(26)37(31)23-17-19-35-29(21-23)30-22-24(18-20-36(30)39-35)38-33-15-7-3-11-27(33)28-12-4-8-16-34(28)38;/h3-34H,1-2H2;7-10,12-25H,1-6H3;1-22H;/q;-1;;. The first kappa shape index (κ1) is 82.8. The number of fused-ring (bicyclic) bond motifs is 11. The maximum Gasteiger partial charge on any atom is 0.0541 e. The molecular weight excluding hydrogens is 1750 g/mol. The second-order valence-corrected chi connectivity index (χ2v) is 35.8. The van der Waals surface area contributed by atoms with E-state index in [2.05, 4.69) is 479 Å². The Labute approximate surface area is 766 Å². The van der Waals surface area contributed by atoms with Gasteiger partial charge in [0, 0.05) is 113 Å². The monoisotopic (exact) mass is 1840 g/mol. The molecule has 0 fully saturated rings. The van der Waals surface area contributed by atoms with Crippen LogP contribution in [0, 0.1) is 6.07 Å². The van der Waals surface area contributed by atoms with Crippen molar-refractivity contribution in [2.75, 3.05) is 9.80 Å². The number of thiophene rings is 1. The number of nitrogens with zero attached hydrogens (tertiary/aromatic N) is 5. The van der Waals surface area contributed by atoms with Gasteiger partial charge in [-0.1, -0.05) is 322 Å². The van der Waals surface area contributed by atoms with Crippen molar-refractivity contribution in [2.24, 2.45) is 0 Å². The third-order valence-corrected chi connectivity index (χ3v) is 25.8. The minimum absolute atomic E-state index is 0.